The highest BCUT2D eigenvalue weighted by atomic mass is 16.7. The molecular formula is C17H19NO6. The number of carbonyl (C=O) groups is 2. The van der Waals surface area contributed by atoms with Crippen LogP contribution >= 0.6 is 0 Å². The second kappa shape index (κ2) is 5.66. The summed E-state index contributed by atoms with van der Waals surface area (Å²) in [5.41, 5.74) is 0.156. The summed E-state index contributed by atoms with van der Waals surface area (Å²) in [6.45, 7) is 1.90. The highest BCUT2D eigenvalue weighted by Crippen LogP contribution is 2.42. The molecule has 3 aliphatic rings. The smallest absolute Gasteiger partial charge is 0.316 e. The predicted octanol–water partition coefficient (Wildman–Crippen LogP) is 0.606. The lowest BCUT2D eigenvalue weighted by Crippen LogP contribution is -2.41. The first-order valence-electron chi connectivity index (χ1n) is 7.95. The minimum absolute atomic E-state index is 0.00524. The molecule has 1 amide bonds. The lowest BCUT2D eigenvalue weighted by Gasteiger charge is -2.23. The number of fused-ring (bicyclic) bond motifs is 2. The molecule has 7 nitrogen and oxygen atoms in total. The molecular weight excluding hydrogens is 314 g/mol. The molecule has 7 heteroatoms. The van der Waals surface area contributed by atoms with Crippen molar-refractivity contribution in [1.29, 1.82) is 0 Å². The van der Waals surface area contributed by atoms with Gasteiger partial charge in [-0.2, -0.15) is 0 Å². The van der Waals surface area contributed by atoms with Crippen LogP contribution in [0.2, 0.25) is 0 Å². The Bertz CT molecular complexity index is 690. The van der Waals surface area contributed by atoms with E-state index in [0.29, 0.717) is 37.8 Å². The van der Waals surface area contributed by atoms with E-state index in [0.717, 1.165) is 5.56 Å². The summed E-state index contributed by atoms with van der Waals surface area (Å²) in [6.07, 6.45) is 0.265. The van der Waals surface area contributed by atoms with E-state index >= 15 is 0 Å². The highest BCUT2D eigenvalue weighted by Gasteiger charge is 2.57. The molecule has 128 valence electrons. The Morgan fingerprint density at radius 3 is 3.00 bits per heavy atom. The standard InChI is InChI=1S/C17H19NO6/c1-21-16(20)17-8-18(6-12(17)7-22-9-17)15(19)5-11-2-3-13-14(4-11)24-10-23-13/h2-4,12H,5-10H2,1H3/t12-,17-/m0/s1. The number of benzene rings is 1. The fourth-order valence-corrected chi connectivity index (χ4v) is 3.75. The summed E-state index contributed by atoms with van der Waals surface area (Å²) in [7, 11) is 1.38. The van der Waals surface area contributed by atoms with Gasteiger partial charge in [-0.3, -0.25) is 9.59 Å². The number of ether oxygens (including phenoxy) is 4. The number of hydrogen-bond acceptors (Lipinski definition) is 6. The molecule has 3 heterocycles. The third kappa shape index (κ3) is 2.31. The van der Waals surface area contributed by atoms with E-state index in [1.165, 1.54) is 7.11 Å². The Morgan fingerprint density at radius 1 is 1.33 bits per heavy atom. The molecule has 0 aliphatic carbocycles. The lowest BCUT2D eigenvalue weighted by atomic mass is 9.81. The Labute approximate surface area is 139 Å². The van der Waals surface area contributed by atoms with Crippen LogP contribution < -0.4 is 9.47 Å². The van der Waals surface area contributed by atoms with Crippen molar-refractivity contribution in [3.63, 3.8) is 0 Å². The van der Waals surface area contributed by atoms with Crippen molar-refractivity contribution in [2.24, 2.45) is 11.3 Å². The lowest BCUT2D eigenvalue weighted by molar-refractivity contribution is -0.153. The molecule has 1 aromatic rings. The molecule has 2 atom stereocenters. The fourth-order valence-electron chi connectivity index (χ4n) is 3.75. The summed E-state index contributed by atoms with van der Waals surface area (Å²) < 4.78 is 21.0. The summed E-state index contributed by atoms with van der Waals surface area (Å²) in [5.74, 6) is 1.07. The van der Waals surface area contributed by atoms with Gasteiger partial charge in [0.1, 0.15) is 5.41 Å². The fraction of sp³-hybridized carbons (Fsp3) is 0.529. The number of hydrogen-bond donors (Lipinski definition) is 0. The van der Waals surface area contributed by atoms with Gasteiger partial charge in [0.05, 0.1) is 26.7 Å². The minimum Gasteiger partial charge on any atom is -0.468 e. The van der Waals surface area contributed by atoms with Crippen LogP contribution in [0.1, 0.15) is 5.56 Å². The van der Waals surface area contributed by atoms with E-state index in [-0.39, 0.29) is 31.0 Å². The second-order valence-corrected chi connectivity index (χ2v) is 6.50. The first-order chi connectivity index (χ1) is 11.6. The molecule has 0 unspecified atom stereocenters. The maximum Gasteiger partial charge on any atom is 0.316 e. The topological polar surface area (TPSA) is 74.3 Å². The van der Waals surface area contributed by atoms with Crippen molar-refractivity contribution < 1.29 is 28.5 Å². The van der Waals surface area contributed by atoms with Crippen LogP contribution in [0.25, 0.3) is 0 Å². The third-order valence-corrected chi connectivity index (χ3v) is 5.11. The minimum atomic E-state index is -0.709. The molecule has 24 heavy (non-hydrogen) atoms. The van der Waals surface area contributed by atoms with Crippen LogP contribution in [0.4, 0.5) is 0 Å². The number of rotatable bonds is 3. The van der Waals surface area contributed by atoms with Crippen molar-refractivity contribution in [2.75, 3.05) is 40.2 Å². The molecule has 4 rings (SSSR count). The Balaban J connectivity index is 1.47. The maximum absolute atomic E-state index is 12.7. The van der Waals surface area contributed by atoms with Crippen molar-refractivity contribution >= 4 is 11.9 Å². The molecule has 1 aromatic carbocycles. The molecule has 0 aromatic heterocycles. The van der Waals surface area contributed by atoms with E-state index in [4.69, 9.17) is 18.9 Å². The third-order valence-electron chi connectivity index (χ3n) is 5.11. The van der Waals surface area contributed by atoms with E-state index in [1.54, 1.807) is 4.90 Å². The van der Waals surface area contributed by atoms with Crippen LogP contribution in [-0.2, 0) is 25.5 Å². The quantitative estimate of drug-likeness (QED) is 0.755. The zero-order valence-corrected chi connectivity index (χ0v) is 13.4. The number of carbonyl (C=O) groups excluding carboxylic acids is 2. The van der Waals surface area contributed by atoms with Gasteiger partial charge in [-0.15, -0.1) is 0 Å². The van der Waals surface area contributed by atoms with Crippen LogP contribution in [0.5, 0.6) is 11.5 Å². The van der Waals surface area contributed by atoms with Crippen LogP contribution in [-0.4, -0.2) is 57.0 Å². The molecule has 0 spiro atoms. The molecule has 3 aliphatic heterocycles. The second-order valence-electron chi connectivity index (χ2n) is 6.50. The van der Waals surface area contributed by atoms with Gasteiger partial charge in [-0.25, -0.2) is 0 Å². The summed E-state index contributed by atoms with van der Waals surface area (Å²) >= 11 is 0. The van der Waals surface area contributed by atoms with Gasteiger partial charge in [0, 0.05) is 19.0 Å². The van der Waals surface area contributed by atoms with E-state index < -0.39 is 5.41 Å². The van der Waals surface area contributed by atoms with Gasteiger partial charge in [-0.1, -0.05) is 6.07 Å². The predicted molar refractivity (Wildman–Crippen MR) is 81.6 cm³/mol. The highest BCUT2D eigenvalue weighted by molar-refractivity contribution is 5.83. The number of amides is 1. The Morgan fingerprint density at radius 2 is 2.17 bits per heavy atom. The average Bonchev–Trinajstić information content (AvgIpc) is 3.27. The van der Waals surface area contributed by atoms with Crippen molar-refractivity contribution in [3.8, 4) is 11.5 Å². The summed E-state index contributed by atoms with van der Waals surface area (Å²) in [4.78, 5) is 26.6. The normalized spacial score (nSPS) is 27.2. The first kappa shape index (κ1) is 15.3. The van der Waals surface area contributed by atoms with Gasteiger partial charge < -0.3 is 23.8 Å². The molecule has 0 bridgehead atoms. The monoisotopic (exact) mass is 333 g/mol. The molecule has 2 fully saturated rings. The molecule has 2 saturated heterocycles. The number of nitrogens with zero attached hydrogens (tertiary/aromatic N) is 1. The average molecular weight is 333 g/mol. The van der Waals surface area contributed by atoms with Crippen molar-refractivity contribution in [3.05, 3.63) is 23.8 Å². The SMILES string of the molecule is COC(=O)[C@@]12COC[C@@H]1CN(C(=O)Cc1ccc3c(c1)OCO3)C2. The summed E-state index contributed by atoms with van der Waals surface area (Å²) in [6, 6.07) is 5.51. The number of esters is 1. The van der Waals surface area contributed by atoms with Crippen molar-refractivity contribution in [2.45, 2.75) is 6.42 Å². The van der Waals surface area contributed by atoms with E-state index in [9.17, 15) is 9.59 Å². The van der Waals surface area contributed by atoms with Crippen molar-refractivity contribution in [1.82, 2.24) is 4.90 Å². The van der Waals surface area contributed by atoms with Crippen LogP contribution in [0.15, 0.2) is 18.2 Å². The van der Waals surface area contributed by atoms with Gasteiger partial charge in [0.25, 0.3) is 0 Å². The van der Waals surface area contributed by atoms with E-state index in [2.05, 4.69) is 0 Å². The van der Waals surface area contributed by atoms with E-state index in [1.807, 2.05) is 18.2 Å². The van der Waals surface area contributed by atoms with Gasteiger partial charge in [0.2, 0.25) is 12.7 Å². The zero-order chi connectivity index (χ0) is 16.7. The Kier molecular flexibility index (Phi) is 3.60. The number of methoxy groups -OCH3 is 1. The van der Waals surface area contributed by atoms with Gasteiger partial charge >= 0.3 is 5.97 Å². The van der Waals surface area contributed by atoms with Crippen LogP contribution in [0, 0.1) is 11.3 Å². The van der Waals surface area contributed by atoms with Gasteiger partial charge in [-0.05, 0) is 17.7 Å². The van der Waals surface area contributed by atoms with Gasteiger partial charge in [0.15, 0.2) is 11.5 Å². The largest absolute Gasteiger partial charge is 0.468 e. The molecule has 0 radical (unpaired) electrons. The summed E-state index contributed by atoms with van der Waals surface area (Å²) in [5, 5.41) is 0. The first-order valence-corrected chi connectivity index (χ1v) is 7.95. The zero-order valence-electron chi connectivity index (χ0n) is 13.4. The van der Waals surface area contributed by atoms with Crippen LogP contribution in [0.3, 0.4) is 0 Å². The molecule has 0 saturated carbocycles. The Hall–Kier alpha value is -2.28. The number of likely N-dealkylation sites (tertiary alicyclic amines) is 1. The maximum atomic E-state index is 12.7. The molecule has 0 N–H and O–H groups in total.